The molecule has 2 N–H and O–H groups in total. The molecule has 18 heavy (non-hydrogen) atoms. The molecule has 0 fully saturated rings. The monoisotopic (exact) mass is 267 g/mol. The van der Waals surface area contributed by atoms with Gasteiger partial charge in [-0.15, -0.1) is 11.3 Å². The molecular weight excluding hydrogens is 250 g/mol. The van der Waals surface area contributed by atoms with Gasteiger partial charge in [-0.05, 0) is 13.3 Å². The van der Waals surface area contributed by atoms with Crippen LogP contribution in [0.3, 0.4) is 0 Å². The van der Waals surface area contributed by atoms with Crippen molar-refractivity contribution >= 4 is 28.0 Å². The first-order chi connectivity index (χ1) is 8.56. The van der Waals surface area contributed by atoms with Crippen molar-refractivity contribution in [1.29, 1.82) is 5.26 Å². The Balaban J connectivity index is 3.17. The average Bonchev–Trinajstić information content (AvgIpc) is 2.67. The van der Waals surface area contributed by atoms with Gasteiger partial charge in [0.15, 0.2) is 0 Å². The number of nitrogens with zero attached hydrogens (tertiary/aromatic N) is 2. The quantitative estimate of drug-likeness (QED) is 0.827. The second kappa shape index (κ2) is 6.26. The minimum absolute atomic E-state index is 0.221. The Hall–Kier alpha value is -1.74. The molecule has 0 bridgehead atoms. The van der Waals surface area contributed by atoms with Crippen molar-refractivity contribution in [1.82, 2.24) is 0 Å². The van der Waals surface area contributed by atoms with Gasteiger partial charge in [0, 0.05) is 13.6 Å². The molecular formula is C12H17N3O2S. The van der Waals surface area contributed by atoms with Gasteiger partial charge in [-0.1, -0.05) is 6.92 Å². The Morgan fingerprint density at radius 2 is 2.22 bits per heavy atom. The summed E-state index contributed by atoms with van der Waals surface area (Å²) in [5, 5.41) is 9.86. The van der Waals surface area contributed by atoms with Crippen molar-refractivity contribution in [2.75, 3.05) is 30.8 Å². The van der Waals surface area contributed by atoms with Crippen LogP contribution in [0.1, 0.15) is 35.5 Å². The second-order valence-electron chi connectivity index (χ2n) is 3.78. The highest BCUT2D eigenvalue weighted by atomic mass is 32.1. The van der Waals surface area contributed by atoms with E-state index in [1.54, 1.807) is 6.92 Å². The summed E-state index contributed by atoms with van der Waals surface area (Å²) in [5.41, 5.74) is 6.42. The molecule has 0 radical (unpaired) electrons. The number of rotatable bonds is 5. The third kappa shape index (κ3) is 2.74. The van der Waals surface area contributed by atoms with Crippen LogP contribution < -0.4 is 10.6 Å². The number of thiophene rings is 1. The summed E-state index contributed by atoms with van der Waals surface area (Å²) in [5.74, 6) is -0.465. The minimum Gasteiger partial charge on any atom is -0.462 e. The lowest BCUT2D eigenvalue weighted by Gasteiger charge is -2.15. The maximum Gasteiger partial charge on any atom is 0.350 e. The zero-order valence-corrected chi connectivity index (χ0v) is 11.6. The first-order valence-electron chi connectivity index (χ1n) is 5.77. The fourth-order valence-corrected chi connectivity index (χ4v) is 2.65. The van der Waals surface area contributed by atoms with Crippen LogP contribution in [0.2, 0.25) is 0 Å². The summed E-state index contributed by atoms with van der Waals surface area (Å²) in [7, 11) is 1.88. The maximum absolute atomic E-state index is 11.7. The molecule has 1 aromatic heterocycles. The molecule has 0 amide bonds. The van der Waals surface area contributed by atoms with E-state index in [1.165, 1.54) is 11.3 Å². The lowest BCUT2D eigenvalue weighted by atomic mass is 10.2. The number of hydrogen-bond donors (Lipinski definition) is 1. The van der Waals surface area contributed by atoms with Crippen LogP contribution in [-0.4, -0.2) is 26.2 Å². The van der Waals surface area contributed by atoms with E-state index in [4.69, 9.17) is 15.7 Å². The molecule has 0 unspecified atom stereocenters. The van der Waals surface area contributed by atoms with Crippen molar-refractivity contribution in [3.63, 3.8) is 0 Å². The molecule has 6 heteroatoms. The highest BCUT2D eigenvalue weighted by Crippen LogP contribution is 2.37. The number of esters is 1. The lowest BCUT2D eigenvalue weighted by Crippen LogP contribution is -2.17. The van der Waals surface area contributed by atoms with Gasteiger partial charge in [-0.25, -0.2) is 4.79 Å². The van der Waals surface area contributed by atoms with Gasteiger partial charge < -0.3 is 15.4 Å². The summed E-state index contributed by atoms with van der Waals surface area (Å²) in [6.45, 7) is 4.87. The van der Waals surface area contributed by atoms with E-state index in [2.05, 4.69) is 6.07 Å². The van der Waals surface area contributed by atoms with Gasteiger partial charge in [0.25, 0.3) is 0 Å². The van der Waals surface area contributed by atoms with E-state index in [0.29, 0.717) is 10.4 Å². The number of carbonyl (C=O) groups is 1. The van der Waals surface area contributed by atoms with Crippen LogP contribution in [-0.2, 0) is 4.74 Å². The Morgan fingerprint density at radius 3 is 2.72 bits per heavy atom. The van der Waals surface area contributed by atoms with E-state index in [0.717, 1.165) is 18.0 Å². The smallest absolute Gasteiger partial charge is 0.350 e. The Bertz CT molecular complexity index is 476. The SMILES string of the molecule is CCCN(C)c1sc(C(=O)OCC)c(N)c1C#N. The van der Waals surface area contributed by atoms with E-state index >= 15 is 0 Å². The zero-order chi connectivity index (χ0) is 13.7. The predicted molar refractivity (Wildman–Crippen MR) is 73.0 cm³/mol. The summed E-state index contributed by atoms with van der Waals surface area (Å²) >= 11 is 1.21. The molecule has 5 nitrogen and oxygen atoms in total. The predicted octanol–water partition coefficient (Wildman–Crippen LogP) is 2.22. The fraction of sp³-hybridized carbons (Fsp3) is 0.500. The topological polar surface area (TPSA) is 79.3 Å². The van der Waals surface area contributed by atoms with Gasteiger partial charge in [0.05, 0.1) is 12.3 Å². The molecule has 1 aromatic rings. The Kier molecular flexibility index (Phi) is 4.98. The molecule has 0 saturated heterocycles. The van der Waals surface area contributed by atoms with Crippen LogP contribution in [0.4, 0.5) is 10.7 Å². The fourth-order valence-electron chi connectivity index (χ4n) is 1.59. The molecule has 0 aliphatic heterocycles. The number of hydrogen-bond acceptors (Lipinski definition) is 6. The highest BCUT2D eigenvalue weighted by Gasteiger charge is 2.23. The molecule has 1 heterocycles. The van der Waals surface area contributed by atoms with Crippen LogP contribution in [0.5, 0.6) is 0 Å². The Morgan fingerprint density at radius 1 is 1.56 bits per heavy atom. The third-order valence-corrected chi connectivity index (χ3v) is 3.70. The summed E-state index contributed by atoms with van der Waals surface area (Å²) in [6.07, 6.45) is 0.952. The highest BCUT2D eigenvalue weighted by molar-refractivity contribution is 7.18. The standard InChI is InChI=1S/C12H17N3O2S/c1-4-6-15(3)11-8(7-13)9(14)10(18-11)12(16)17-5-2/h4-6,14H2,1-3H3. The molecule has 0 saturated carbocycles. The van der Waals surface area contributed by atoms with Crippen molar-refractivity contribution < 1.29 is 9.53 Å². The van der Waals surface area contributed by atoms with Gasteiger partial charge >= 0.3 is 5.97 Å². The van der Waals surface area contributed by atoms with Crippen LogP contribution >= 0.6 is 11.3 Å². The van der Waals surface area contributed by atoms with E-state index < -0.39 is 5.97 Å². The molecule has 98 valence electrons. The third-order valence-electron chi connectivity index (χ3n) is 2.40. The summed E-state index contributed by atoms with van der Waals surface area (Å²) < 4.78 is 4.92. The average molecular weight is 267 g/mol. The molecule has 0 atom stereocenters. The van der Waals surface area contributed by atoms with Crippen molar-refractivity contribution in [2.45, 2.75) is 20.3 Å². The Labute approximate surface area is 111 Å². The summed E-state index contributed by atoms with van der Waals surface area (Å²) in [4.78, 5) is 14.0. The van der Waals surface area contributed by atoms with E-state index in [-0.39, 0.29) is 12.3 Å². The number of nitrogen functional groups attached to an aromatic ring is 1. The molecule has 0 aliphatic carbocycles. The minimum atomic E-state index is -0.465. The maximum atomic E-state index is 11.7. The van der Waals surface area contributed by atoms with Crippen molar-refractivity contribution in [3.05, 3.63) is 10.4 Å². The largest absolute Gasteiger partial charge is 0.462 e. The first-order valence-corrected chi connectivity index (χ1v) is 6.59. The van der Waals surface area contributed by atoms with Crippen LogP contribution in [0, 0.1) is 11.3 Å². The zero-order valence-electron chi connectivity index (χ0n) is 10.8. The normalized spacial score (nSPS) is 9.89. The van der Waals surface area contributed by atoms with Gasteiger partial charge in [-0.3, -0.25) is 0 Å². The van der Waals surface area contributed by atoms with Gasteiger partial charge in [0.2, 0.25) is 0 Å². The second-order valence-corrected chi connectivity index (χ2v) is 4.78. The number of carbonyl (C=O) groups excluding carboxylic acids is 1. The molecule has 0 aromatic carbocycles. The molecule has 0 spiro atoms. The number of anilines is 2. The number of nitrogens with two attached hydrogens (primary N) is 1. The van der Waals surface area contributed by atoms with Crippen LogP contribution in [0.25, 0.3) is 0 Å². The summed E-state index contributed by atoms with van der Waals surface area (Å²) in [6, 6.07) is 2.06. The lowest BCUT2D eigenvalue weighted by molar-refractivity contribution is 0.0533. The number of ether oxygens (including phenoxy) is 1. The van der Waals surface area contributed by atoms with Crippen LogP contribution in [0.15, 0.2) is 0 Å². The molecule has 0 aliphatic rings. The number of nitriles is 1. The van der Waals surface area contributed by atoms with Gasteiger partial charge in [-0.2, -0.15) is 5.26 Å². The van der Waals surface area contributed by atoms with Crippen molar-refractivity contribution in [2.24, 2.45) is 0 Å². The van der Waals surface area contributed by atoms with Crippen molar-refractivity contribution in [3.8, 4) is 6.07 Å². The van der Waals surface area contributed by atoms with E-state index in [9.17, 15) is 4.79 Å². The van der Waals surface area contributed by atoms with Gasteiger partial charge in [0.1, 0.15) is 21.5 Å². The van der Waals surface area contributed by atoms with E-state index in [1.807, 2.05) is 18.9 Å². The first kappa shape index (κ1) is 14.3. The molecule has 1 rings (SSSR count).